The Morgan fingerprint density at radius 2 is 1.31 bits per heavy atom. The van der Waals surface area contributed by atoms with Crippen LogP contribution in [0, 0.1) is 20.8 Å². The van der Waals surface area contributed by atoms with E-state index < -0.39 is 0 Å². The van der Waals surface area contributed by atoms with Crippen molar-refractivity contribution in [1.29, 1.82) is 0 Å². The molecule has 0 amide bonds. The van der Waals surface area contributed by atoms with Crippen LogP contribution >= 0.6 is 0 Å². The molecule has 0 fully saturated rings. The number of hydrogen-bond acceptors (Lipinski definition) is 2. The van der Waals surface area contributed by atoms with Crippen LogP contribution in [0.2, 0.25) is 0 Å². The minimum atomic E-state index is 0. The summed E-state index contributed by atoms with van der Waals surface area (Å²) in [6.07, 6.45) is 7.81. The van der Waals surface area contributed by atoms with Gasteiger partial charge in [0, 0.05) is 29.7 Å². The molecule has 0 aliphatic rings. The molecule has 3 heteroatoms. The lowest BCUT2D eigenvalue weighted by molar-refractivity contribution is -0.378. The van der Waals surface area contributed by atoms with E-state index in [0.29, 0.717) is 17.8 Å². The number of nitrogens with zero attached hydrogens (tertiary/aromatic N) is 1. The van der Waals surface area contributed by atoms with Crippen LogP contribution in [0.15, 0.2) is 55.1 Å². The highest BCUT2D eigenvalue weighted by molar-refractivity contribution is 5.50. The molecule has 0 atom stereocenters. The second-order valence-electron chi connectivity index (χ2n) is 9.04. The van der Waals surface area contributed by atoms with E-state index in [4.69, 9.17) is 5.73 Å². The second kappa shape index (κ2) is 14.4. The van der Waals surface area contributed by atoms with Crippen molar-refractivity contribution in [1.82, 2.24) is 4.98 Å². The Labute approximate surface area is 197 Å². The van der Waals surface area contributed by atoms with Gasteiger partial charge in [0.2, 0.25) is 0 Å². The zero-order valence-corrected chi connectivity index (χ0v) is 21.0. The third-order valence-electron chi connectivity index (χ3n) is 5.49. The van der Waals surface area contributed by atoms with Gasteiger partial charge >= 0.3 is 0 Å². The van der Waals surface area contributed by atoms with Gasteiger partial charge in [-0.2, -0.15) is 0 Å². The number of aryl methyl sites for hydroxylation is 2. The van der Waals surface area contributed by atoms with Crippen LogP contribution in [0.4, 0.5) is 5.69 Å². The third-order valence-corrected chi connectivity index (χ3v) is 5.49. The summed E-state index contributed by atoms with van der Waals surface area (Å²) in [7, 11) is 0. The molecule has 0 saturated carbocycles. The summed E-state index contributed by atoms with van der Waals surface area (Å²) in [5, 5.41) is 0. The lowest BCUT2D eigenvalue weighted by Crippen LogP contribution is -2.04. The molecule has 0 bridgehead atoms. The molecule has 3 aromatic rings. The molecule has 2 aromatic heterocycles. The molecule has 0 aliphatic carbocycles. The Morgan fingerprint density at radius 3 is 1.72 bits per heavy atom. The number of nitrogen functional groups attached to an aromatic ring is 1. The number of hydrogen-bond donors (Lipinski definition) is 1. The Balaban J connectivity index is 0.000000444. The molecule has 3 N–H and O–H groups in total. The van der Waals surface area contributed by atoms with Crippen LogP contribution in [0.25, 0.3) is 0 Å². The fraction of sp³-hybridized carbons (Fsp3) is 0.448. The molecule has 176 valence electrons. The second-order valence-corrected chi connectivity index (χ2v) is 9.04. The first-order chi connectivity index (χ1) is 14.6. The van der Waals surface area contributed by atoms with E-state index in [1.165, 1.54) is 33.4 Å². The largest absolute Gasteiger partial charge is 0.399 e. The molecular formula is C29H46N3+. The van der Waals surface area contributed by atoms with E-state index in [2.05, 4.69) is 96.7 Å². The van der Waals surface area contributed by atoms with Crippen molar-refractivity contribution < 1.29 is 4.98 Å². The number of anilines is 1. The molecule has 0 saturated heterocycles. The SMILES string of the molecule is C.Cc1c(N)cccc1C(C)C.Cc1cc[nH+]cc1C(C)C.Cc1ccncc1C(C)C. The standard InChI is InChI=1S/C10H15N.2C9H13N.CH4/c1-7(2)9-5-4-6-10(11)8(9)3;2*1-7(2)9-6-10-5-4-8(9)3;/h4-7H,11H2,1-3H3;2*4-7H,1-3H3;1H4/p+1. The molecule has 0 radical (unpaired) electrons. The van der Waals surface area contributed by atoms with Gasteiger partial charge in [0.05, 0.1) is 0 Å². The zero-order valence-electron chi connectivity index (χ0n) is 21.0. The number of H-pyrrole nitrogens is 1. The quantitative estimate of drug-likeness (QED) is 0.426. The smallest absolute Gasteiger partial charge is 0.170 e. The van der Waals surface area contributed by atoms with Gasteiger partial charge in [-0.1, -0.05) is 61.1 Å². The van der Waals surface area contributed by atoms with Crippen molar-refractivity contribution >= 4 is 5.69 Å². The lowest BCUT2D eigenvalue weighted by Gasteiger charge is -2.10. The van der Waals surface area contributed by atoms with E-state index in [1.807, 2.05) is 30.7 Å². The number of pyridine rings is 2. The van der Waals surface area contributed by atoms with Gasteiger partial charge in [0.1, 0.15) is 0 Å². The van der Waals surface area contributed by atoms with Crippen LogP contribution in [-0.2, 0) is 0 Å². The van der Waals surface area contributed by atoms with Crippen LogP contribution in [-0.4, -0.2) is 4.98 Å². The highest BCUT2D eigenvalue weighted by Gasteiger charge is 2.04. The molecule has 0 aliphatic heterocycles. The van der Waals surface area contributed by atoms with Crippen molar-refractivity contribution in [3.63, 3.8) is 0 Å². The summed E-state index contributed by atoms with van der Waals surface area (Å²) in [5.74, 6) is 1.78. The van der Waals surface area contributed by atoms with Gasteiger partial charge in [0.25, 0.3) is 0 Å². The maximum atomic E-state index is 5.76. The Hall–Kier alpha value is -2.68. The zero-order chi connectivity index (χ0) is 23.6. The van der Waals surface area contributed by atoms with Crippen molar-refractivity contribution in [3.8, 4) is 0 Å². The van der Waals surface area contributed by atoms with E-state index in [1.54, 1.807) is 0 Å². The monoisotopic (exact) mass is 436 g/mol. The van der Waals surface area contributed by atoms with Crippen LogP contribution < -0.4 is 10.7 Å². The minimum Gasteiger partial charge on any atom is -0.399 e. The Kier molecular flexibility index (Phi) is 13.2. The maximum absolute atomic E-state index is 5.76. The fourth-order valence-corrected chi connectivity index (χ4v) is 3.52. The van der Waals surface area contributed by atoms with E-state index >= 15 is 0 Å². The predicted octanol–water partition coefficient (Wildman–Crippen LogP) is 7.78. The summed E-state index contributed by atoms with van der Waals surface area (Å²) in [5.41, 5.74) is 14.7. The molecule has 1 aromatic carbocycles. The van der Waals surface area contributed by atoms with Gasteiger partial charge in [-0.05, 0) is 78.5 Å². The highest BCUT2D eigenvalue weighted by Crippen LogP contribution is 2.22. The van der Waals surface area contributed by atoms with Crippen molar-refractivity contribution in [2.45, 2.75) is 87.5 Å². The number of rotatable bonds is 3. The summed E-state index contributed by atoms with van der Waals surface area (Å²) in [6, 6.07) is 10.2. The van der Waals surface area contributed by atoms with Gasteiger partial charge < -0.3 is 5.73 Å². The Bertz CT molecular complexity index is 878. The van der Waals surface area contributed by atoms with E-state index in [0.717, 1.165) is 5.69 Å². The topological polar surface area (TPSA) is 53.0 Å². The summed E-state index contributed by atoms with van der Waals surface area (Å²) >= 11 is 0. The third kappa shape index (κ3) is 9.21. The minimum absolute atomic E-state index is 0. The number of aromatic amines is 1. The number of nitrogens with two attached hydrogens (primary N) is 1. The number of aromatic nitrogens is 2. The first kappa shape index (κ1) is 29.3. The summed E-state index contributed by atoms with van der Waals surface area (Å²) < 4.78 is 0. The van der Waals surface area contributed by atoms with Crippen molar-refractivity contribution in [2.75, 3.05) is 5.73 Å². The van der Waals surface area contributed by atoms with Gasteiger partial charge in [-0.25, -0.2) is 4.98 Å². The first-order valence-electron chi connectivity index (χ1n) is 11.3. The Morgan fingerprint density at radius 1 is 0.750 bits per heavy atom. The summed E-state index contributed by atoms with van der Waals surface area (Å²) in [4.78, 5) is 7.15. The molecule has 2 heterocycles. The highest BCUT2D eigenvalue weighted by atomic mass is 14.6. The van der Waals surface area contributed by atoms with Gasteiger partial charge in [0.15, 0.2) is 12.4 Å². The van der Waals surface area contributed by atoms with Crippen LogP contribution in [0.3, 0.4) is 0 Å². The molecular weight excluding hydrogens is 390 g/mol. The molecule has 32 heavy (non-hydrogen) atoms. The van der Waals surface area contributed by atoms with Gasteiger partial charge in [-0.3, -0.25) is 4.98 Å². The predicted molar refractivity (Wildman–Crippen MR) is 141 cm³/mol. The molecule has 3 rings (SSSR count). The van der Waals surface area contributed by atoms with Crippen molar-refractivity contribution in [2.24, 2.45) is 0 Å². The number of benzene rings is 1. The molecule has 0 spiro atoms. The first-order valence-corrected chi connectivity index (χ1v) is 11.3. The lowest BCUT2D eigenvalue weighted by atomic mass is 9.97. The van der Waals surface area contributed by atoms with Gasteiger partial charge in [-0.15, -0.1) is 0 Å². The molecule has 3 nitrogen and oxygen atoms in total. The summed E-state index contributed by atoms with van der Waals surface area (Å²) in [6.45, 7) is 19.5. The average molecular weight is 437 g/mol. The van der Waals surface area contributed by atoms with Crippen LogP contribution in [0.1, 0.15) is 100 Å². The fourth-order valence-electron chi connectivity index (χ4n) is 3.52. The van der Waals surface area contributed by atoms with E-state index in [-0.39, 0.29) is 7.43 Å². The molecule has 0 unspecified atom stereocenters. The normalized spacial score (nSPS) is 10.1. The van der Waals surface area contributed by atoms with Crippen molar-refractivity contribution in [3.05, 3.63) is 88.5 Å². The van der Waals surface area contributed by atoms with Crippen LogP contribution in [0.5, 0.6) is 0 Å². The number of nitrogens with one attached hydrogen (secondary N) is 1. The van der Waals surface area contributed by atoms with E-state index in [9.17, 15) is 0 Å². The average Bonchev–Trinajstić information content (AvgIpc) is 2.71. The maximum Gasteiger partial charge on any atom is 0.170 e.